The number of amides is 1. The number of benzene rings is 1. The van der Waals surface area contributed by atoms with Gasteiger partial charge in [-0.15, -0.1) is 0 Å². The van der Waals surface area contributed by atoms with Gasteiger partial charge in [-0.1, -0.05) is 24.3 Å². The number of pyridine rings is 1. The minimum Gasteiger partial charge on any atom is -0.310 e. The summed E-state index contributed by atoms with van der Waals surface area (Å²) >= 11 is 0. The monoisotopic (exact) mass is 279 g/mol. The first kappa shape index (κ1) is 13.4. The maximum absolute atomic E-state index is 12.8. The van der Waals surface area contributed by atoms with E-state index in [1.807, 2.05) is 66.9 Å². The van der Waals surface area contributed by atoms with Crippen LogP contribution in [-0.4, -0.2) is 22.3 Å². The van der Waals surface area contributed by atoms with E-state index < -0.39 is 0 Å². The topological polar surface area (TPSA) is 37.6 Å². The molecule has 0 bridgehead atoms. The fourth-order valence-electron chi connectivity index (χ4n) is 2.45. The summed E-state index contributed by atoms with van der Waals surface area (Å²) in [4.78, 5) is 18.9. The number of aryl methyl sites for hydroxylation is 2. The van der Waals surface area contributed by atoms with Crippen LogP contribution in [-0.2, 0) is 0 Å². The van der Waals surface area contributed by atoms with Crippen LogP contribution in [0.25, 0.3) is 5.65 Å². The predicted octanol–water partition coefficient (Wildman–Crippen LogP) is 3.23. The van der Waals surface area contributed by atoms with Crippen molar-refractivity contribution in [2.24, 2.45) is 0 Å². The summed E-state index contributed by atoms with van der Waals surface area (Å²) in [6.45, 7) is 3.87. The number of fused-ring (bicyclic) bond motifs is 1. The predicted molar refractivity (Wildman–Crippen MR) is 83.8 cm³/mol. The molecule has 0 N–H and O–H groups in total. The van der Waals surface area contributed by atoms with E-state index >= 15 is 0 Å². The molecule has 0 aliphatic heterocycles. The third-order valence-electron chi connectivity index (χ3n) is 3.59. The van der Waals surface area contributed by atoms with Crippen LogP contribution in [0.2, 0.25) is 0 Å². The number of nitrogens with zero attached hydrogens (tertiary/aromatic N) is 3. The number of anilines is 1. The van der Waals surface area contributed by atoms with Crippen LogP contribution in [0.1, 0.15) is 21.7 Å². The van der Waals surface area contributed by atoms with Crippen molar-refractivity contribution in [2.75, 3.05) is 11.9 Å². The van der Waals surface area contributed by atoms with Gasteiger partial charge in [0, 0.05) is 18.9 Å². The molecule has 21 heavy (non-hydrogen) atoms. The van der Waals surface area contributed by atoms with Gasteiger partial charge in [-0.3, -0.25) is 9.20 Å². The summed E-state index contributed by atoms with van der Waals surface area (Å²) in [6, 6.07) is 13.5. The Balaban J connectivity index is 2.09. The van der Waals surface area contributed by atoms with E-state index in [0.717, 1.165) is 22.6 Å². The molecular weight excluding hydrogens is 262 g/mol. The smallest absolute Gasteiger partial charge is 0.276 e. The molecule has 0 fully saturated rings. The number of imidazole rings is 1. The zero-order chi connectivity index (χ0) is 15.0. The summed E-state index contributed by atoms with van der Waals surface area (Å²) in [7, 11) is 1.78. The highest BCUT2D eigenvalue weighted by Gasteiger charge is 2.21. The Labute approximate surface area is 123 Å². The quantitative estimate of drug-likeness (QED) is 0.722. The normalized spacial score (nSPS) is 10.8. The van der Waals surface area contributed by atoms with Crippen molar-refractivity contribution in [1.29, 1.82) is 0 Å². The van der Waals surface area contributed by atoms with Crippen LogP contribution in [0.5, 0.6) is 0 Å². The van der Waals surface area contributed by atoms with Gasteiger partial charge in [0.1, 0.15) is 11.3 Å². The number of carbonyl (C=O) groups is 1. The summed E-state index contributed by atoms with van der Waals surface area (Å²) < 4.78 is 1.87. The molecule has 106 valence electrons. The lowest BCUT2D eigenvalue weighted by atomic mass is 10.2. The molecule has 2 aromatic heterocycles. The van der Waals surface area contributed by atoms with Crippen LogP contribution in [0, 0.1) is 13.8 Å². The van der Waals surface area contributed by atoms with E-state index in [-0.39, 0.29) is 5.91 Å². The highest BCUT2D eigenvalue weighted by atomic mass is 16.2. The van der Waals surface area contributed by atoms with Gasteiger partial charge in [-0.2, -0.15) is 0 Å². The molecule has 3 rings (SSSR count). The molecular formula is C17H17N3O. The van der Waals surface area contributed by atoms with Gasteiger partial charge in [0.25, 0.3) is 5.91 Å². The van der Waals surface area contributed by atoms with E-state index in [2.05, 4.69) is 4.98 Å². The zero-order valence-electron chi connectivity index (χ0n) is 12.4. The van der Waals surface area contributed by atoms with Gasteiger partial charge in [-0.05, 0) is 37.6 Å². The largest absolute Gasteiger partial charge is 0.310 e. The molecule has 2 heterocycles. The fraction of sp³-hybridized carbons (Fsp3) is 0.176. The van der Waals surface area contributed by atoms with Crippen LogP contribution in [0.3, 0.4) is 0 Å². The van der Waals surface area contributed by atoms with Gasteiger partial charge < -0.3 is 4.90 Å². The van der Waals surface area contributed by atoms with E-state index in [9.17, 15) is 4.79 Å². The second-order valence-electron chi connectivity index (χ2n) is 5.18. The van der Waals surface area contributed by atoms with Crippen LogP contribution in [0.15, 0.2) is 48.7 Å². The molecule has 0 unspecified atom stereocenters. The van der Waals surface area contributed by atoms with Crippen molar-refractivity contribution in [1.82, 2.24) is 9.38 Å². The Kier molecular flexibility index (Phi) is 3.22. The first-order valence-electron chi connectivity index (χ1n) is 6.86. The molecule has 0 saturated carbocycles. The Morgan fingerprint density at radius 3 is 2.52 bits per heavy atom. The van der Waals surface area contributed by atoms with Crippen molar-refractivity contribution in [3.63, 3.8) is 0 Å². The molecule has 0 radical (unpaired) electrons. The summed E-state index contributed by atoms with van der Waals surface area (Å²) in [6.07, 6.45) is 1.95. The van der Waals surface area contributed by atoms with Gasteiger partial charge in [0.15, 0.2) is 0 Å². The maximum Gasteiger partial charge on any atom is 0.276 e. The molecule has 0 spiro atoms. The second kappa shape index (κ2) is 5.05. The Morgan fingerprint density at radius 1 is 1.10 bits per heavy atom. The lowest BCUT2D eigenvalue weighted by molar-refractivity contribution is 0.0987. The Bertz CT molecular complexity index is 806. The zero-order valence-corrected chi connectivity index (χ0v) is 12.4. The number of aromatic nitrogens is 2. The third kappa shape index (κ3) is 2.29. The van der Waals surface area contributed by atoms with E-state index in [1.165, 1.54) is 0 Å². The summed E-state index contributed by atoms with van der Waals surface area (Å²) in [5.74, 6) is -0.0585. The standard InChI is InChI=1S/C17H17N3O/c1-12-9-10-15-18-13(2)16(20(15)11-12)17(21)19(3)14-7-5-4-6-8-14/h4-11H,1-3H3. The number of rotatable bonds is 2. The van der Waals surface area contributed by atoms with Gasteiger partial charge in [-0.25, -0.2) is 4.98 Å². The Hall–Kier alpha value is -2.62. The number of hydrogen-bond donors (Lipinski definition) is 0. The summed E-state index contributed by atoms with van der Waals surface area (Å²) in [5, 5.41) is 0. The average molecular weight is 279 g/mol. The Morgan fingerprint density at radius 2 is 1.81 bits per heavy atom. The SMILES string of the molecule is Cc1ccc2nc(C)c(C(=O)N(C)c3ccccc3)n2c1. The lowest BCUT2D eigenvalue weighted by Crippen LogP contribution is -2.28. The van der Waals surface area contributed by atoms with Crippen LogP contribution < -0.4 is 4.90 Å². The van der Waals surface area contributed by atoms with Crippen LogP contribution in [0.4, 0.5) is 5.69 Å². The molecule has 3 aromatic rings. The second-order valence-corrected chi connectivity index (χ2v) is 5.18. The molecule has 0 atom stereocenters. The fourth-order valence-corrected chi connectivity index (χ4v) is 2.45. The van der Waals surface area contributed by atoms with Crippen molar-refractivity contribution in [2.45, 2.75) is 13.8 Å². The lowest BCUT2D eigenvalue weighted by Gasteiger charge is -2.17. The molecule has 4 heteroatoms. The van der Waals surface area contributed by atoms with E-state index in [4.69, 9.17) is 0 Å². The average Bonchev–Trinajstić information content (AvgIpc) is 2.82. The molecule has 4 nitrogen and oxygen atoms in total. The van der Waals surface area contributed by atoms with E-state index in [0.29, 0.717) is 5.69 Å². The number of carbonyl (C=O) groups excluding carboxylic acids is 1. The third-order valence-corrected chi connectivity index (χ3v) is 3.59. The maximum atomic E-state index is 12.8. The van der Waals surface area contributed by atoms with Crippen molar-refractivity contribution in [3.8, 4) is 0 Å². The van der Waals surface area contributed by atoms with Crippen molar-refractivity contribution in [3.05, 3.63) is 65.6 Å². The minimum atomic E-state index is -0.0585. The van der Waals surface area contributed by atoms with Crippen molar-refractivity contribution >= 4 is 17.2 Å². The molecule has 0 aliphatic rings. The van der Waals surface area contributed by atoms with Crippen molar-refractivity contribution < 1.29 is 4.79 Å². The highest BCUT2D eigenvalue weighted by Crippen LogP contribution is 2.19. The van der Waals surface area contributed by atoms with Gasteiger partial charge in [0.2, 0.25) is 0 Å². The minimum absolute atomic E-state index is 0.0585. The number of hydrogen-bond acceptors (Lipinski definition) is 2. The summed E-state index contributed by atoms with van der Waals surface area (Å²) in [5.41, 5.74) is 4.11. The molecule has 0 saturated heterocycles. The first-order valence-corrected chi connectivity index (χ1v) is 6.86. The highest BCUT2D eigenvalue weighted by molar-refractivity contribution is 6.05. The molecule has 1 aromatic carbocycles. The van der Waals surface area contributed by atoms with Gasteiger partial charge in [0.05, 0.1) is 5.69 Å². The van der Waals surface area contributed by atoms with Gasteiger partial charge >= 0.3 is 0 Å². The first-order chi connectivity index (χ1) is 10.1. The number of para-hydroxylation sites is 1. The molecule has 0 aliphatic carbocycles. The van der Waals surface area contributed by atoms with E-state index in [1.54, 1.807) is 11.9 Å². The van der Waals surface area contributed by atoms with Crippen LogP contribution >= 0.6 is 0 Å². The molecule has 1 amide bonds.